The lowest BCUT2D eigenvalue weighted by atomic mass is 9.77. The largest absolute Gasteiger partial charge is 0.506 e. The fourth-order valence-electron chi connectivity index (χ4n) is 3.28. The molecule has 26 heavy (non-hydrogen) atoms. The van der Waals surface area contributed by atoms with Crippen molar-refractivity contribution in [2.24, 2.45) is 5.92 Å². The lowest BCUT2D eigenvalue weighted by Crippen LogP contribution is -2.37. The molecule has 1 aromatic heterocycles. The smallest absolute Gasteiger partial charge is 0.407 e. The monoisotopic (exact) mass is 356 g/mol. The summed E-state index contributed by atoms with van der Waals surface area (Å²) in [7, 11) is 0. The third kappa shape index (κ3) is 4.73. The van der Waals surface area contributed by atoms with Crippen LogP contribution in [0.15, 0.2) is 48.7 Å². The lowest BCUT2D eigenvalue weighted by molar-refractivity contribution is -0.0177. The van der Waals surface area contributed by atoms with Gasteiger partial charge in [-0.2, -0.15) is 0 Å². The molecule has 0 saturated heterocycles. The molecule has 138 valence electrons. The van der Waals surface area contributed by atoms with Crippen LogP contribution in [0.3, 0.4) is 0 Å². The van der Waals surface area contributed by atoms with Gasteiger partial charge in [0, 0.05) is 6.54 Å². The number of rotatable bonds is 5. The number of ether oxygens (including phenoxy) is 1. The van der Waals surface area contributed by atoms with E-state index in [-0.39, 0.29) is 12.4 Å². The molecule has 3 N–H and O–H groups in total. The second-order valence-corrected chi connectivity index (χ2v) is 6.82. The molecule has 1 aromatic carbocycles. The first-order valence-electron chi connectivity index (χ1n) is 8.87. The van der Waals surface area contributed by atoms with E-state index in [1.165, 1.54) is 12.3 Å². The van der Waals surface area contributed by atoms with Gasteiger partial charge in [0.15, 0.2) is 0 Å². The second-order valence-electron chi connectivity index (χ2n) is 6.82. The number of benzene rings is 1. The number of amides is 1. The lowest BCUT2D eigenvalue weighted by Gasteiger charge is -2.35. The Morgan fingerprint density at radius 2 is 1.92 bits per heavy atom. The Hall–Kier alpha value is -2.60. The number of aromatic hydroxyl groups is 1. The first kappa shape index (κ1) is 18.2. The van der Waals surface area contributed by atoms with Gasteiger partial charge in [0.25, 0.3) is 0 Å². The Kier molecular flexibility index (Phi) is 5.73. The van der Waals surface area contributed by atoms with Crippen molar-refractivity contribution in [1.82, 2.24) is 10.3 Å². The highest BCUT2D eigenvalue weighted by atomic mass is 16.5. The van der Waals surface area contributed by atoms with Crippen LogP contribution in [0.2, 0.25) is 0 Å². The zero-order valence-electron chi connectivity index (χ0n) is 14.6. The van der Waals surface area contributed by atoms with Crippen molar-refractivity contribution < 1.29 is 19.7 Å². The van der Waals surface area contributed by atoms with E-state index in [4.69, 9.17) is 4.74 Å². The van der Waals surface area contributed by atoms with Gasteiger partial charge in [-0.1, -0.05) is 30.3 Å². The van der Waals surface area contributed by atoms with E-state index in [9.17, 15) is 15.0 Å². The van der Waals surface area contributed by atoms with Gasteiger partial charge in [0.1, 0.15) is 18.0 Å². The number of nitrogens with one attached hydrogen (secondary N) is 1. The number of hydrogen-bond acceptors (Lipinski definition) is 5. The highest BCUT2D eigenvalue weighted by Gasteiger charge is 2.36. The van der Waals surface area contributed by atoms with Crippen molar-refractivity contribution in [1.29, 1.82) is 0 Å². The summed E-state index contributed by atoms with van der Waals surface area (Å²) in [5.74, 6) is 0.390. The summed E-state index contributed by atoms with van der Waals surface area (Å²) >= 11 is 0. The minimum absolute atomic E-state index is 0.0873. The summed E-state index contributed by atoms with van der Waals surface area (Å²) in [6.07, 6.45) is 3.67. The molecule has 6 nitrogen and oxygen atoms in total. The molecule has 6 heteroatoms. The average Bonchev–Trinajstić information content (AvgIpc) is 2.67. The van der Waals surface area contributed by atoms with Crippen LogP contribution < -0.4 is 5.32 Å². The van der Waals surface area contributed by atoms with E-state index in [0.717, 1.165) is 18.4 Å². The molecular formula is C20H24N2O4. The van der Waals surface area contributed by atoms with Crippen molar-refractivity contribution >= 4 is 6.09 Å². The average molecular weight is 356 g/mol. The van der Waals surface area contributed by atoms with Crippen LogP contribution >= 0.6 is 0 Å². The number of carbonyl (C=O) groups is 1. The molecule has 0 atom stereocenters. The van der Waals surface area contributed by atoms with Crippen LogP contribution in [0.5, 0.6) is 5.75 Å². The van der Waals surface area contributed by atoms with Crippen molar-refractivity contribution in [3.8, 4) is 5.75 Å². The molecule has 0 radical (unpaired) electrons. The zero-order valence-corrected chi connectivity index (χ0v) is 14.6. The Morgan fingerprint density at radius 3 is 2.58 bits per heavy atom. The van der Waals surface area contributed by atoms with Crippen LogP contribution in [-0.2, 0) is 16.9 Å². The summed E-state index contributed by atoms with van der Waals surface area (Å²) in [6.45, 7) is 0.788. The van der Waals surface area contributed by atoms with Crippen LogP contribution in [0.1, 0.15) is 36.9 Å². The maximum Gasteiger partial charge on any atom is 0.407 e. The number of hydrogen-bond donors (Lipinski definition) is 3. The predicted octanol–water partition coefficient (Wildman–Crippen LogP) is 3.09. The quantitative estimate of drug-likeness (QED) is 0.766. The number of nitrogens with zero attached hydrogens (tertiary/aromatic N) is 1. The molecule has 0 unspecified atom stereocenters. The van der Waals surface area contributed by atoms with Crippen LogP contribution in [-0.4, -0.2) is 27.8 Å². The molecular weight excluding hydrogens is 332 g/mol. The van der Waals surface area contributed by atoms with Gasteiger partial charge in [-0.25, -0.2) is 4.79 Å². The molecule has 1 saturated carbocycles. The van der Waals surface area contributed by atoms with E-state index >= 15 is 0 Å². The topological polar surface area (TPSA) is 91.7 Å². The highest BCUT2D eigenvalue weighted by molar-refractivity contribution is 5.67. The number of aromatic nitrogens is 1. The number of alkyl carbamates (subject to hydrolysis) is 1. The normalized spacial score (nSPS) is 22.6. The van der Waals surface area contributed by atoms with Gasteiger partial charge in [0.2, 0.25) is 0 Å². The first-order valence-corrected chi connectivity index (χ1v) is 8.87. The van der Waals surface area contributed by atoms with Crippen LogP contribution in [0, 0.1) is 5.92 Å². The van der Waals surface area contributed by atoms with Crippen molar-refractivity contribution in [2.75, 3.05) is 6.54 Å². The standard InChI is InChI=1S/C20H24N2O4/c23-17-6-7-18(21-13-17)20(25)10-8-15(9-11-20)12-22-19(24)26-14-16-4-2-1-3-5-16/h1-7,13,15,23,25H,8-12,14H2,(H,22,24). The second kappa shape index (κ2) is 8.19. The maximum atomic E-state index is 11.8. The molecule has 3 rings (SSSR count). The third-order valence-electron chi connectivity index (χ3n) is 4.90. The summed E-state index contributed by atoms with van der Waals surface area (Å²) in [5.41, 5.74) is 0.577. The summed E-state index contributed by atoms with van der Waals surface area (Å²) in [4.78, 5) is 16.0. The molecule has 2 aromatic rings. The first-order chi connectivity index (χ1) is 12.5. The van der Waals surface area contributed by atoms with E-state index in [1.54, 1.807) is 6.07 Å². The van der Waals surface area contributed by atoms with Gasteiger partial charge < -0.3 is 20.3 Å². The molecule has 1 aliphatic carbocycles. The van der Waals surface area contributed by atoms with E-state index in [0.29, 0.717) is 31.0 Å². The van der Waals surface area contributed by atoms with Gasteiger partial charge in [-0.05, 0) is 49.3 Å². The van der Waals surface area contributed by atoms with Crippen LogP contribution in [0.4, 0.5) is 4.79 Å². The minimum Gasteiger partial charge on any atom is -0.506 e. The van der Waals surface area contributed by atoms with Crippen molar-refractivity contribution in [3.63, 3.8) is 0 Å². The summed E-state index contributed by atoms with van der Waals surface area (Å²) in [5, 5.41) is 22.9. The van der Waals surface area contributed by atoms with Gasteiger partial charge >= 0.3 is 6.09 Å². The fraction of sp³-hybridized carbons (Fsp3) is 0.400. The molecule has 0 aliphatic heterocycles. The molecule has 0 spiro atoms. The number of aliphatic hydroxyl groups is 1. The zero-order chi connectivity index (χ0) is 18.4. The Balaban J connectivity index is 1.41. The van der Waals surface area contributed by atoms with Gasteiger partial charge in [-0.15, -0.1) is 0 Å². The molecule has 1 aliphatic rings. The van der Waals surface area contributed by atoms with Crippen molar-refractivity contribution in [2.45, 2.75) is 37.9 Å². The molecule has 1 fully saturated rings. The fourth-order valence-corrected chi connectivity index (χ4v) is 3.28. The summed E-state index contributed by atoms with van der Waals surface area (Å²) in [6, 6.07) is 12.7. The van der Waals surface area contributed by atoms with E-state index < -0.39 is 11.7 Å². The minimum atomic E-state index is -0.960. The molecule has 1 heterocycles. The maximum absolute atomic E-state index is 11.8. The SMILES string of the molecule is O=C(NCC1CCC(O)(c2ccc(O)cn2)CC1)OCc1ccccc1. The number of pyridine rings is 1. The van der Waals surface area contributed by atoms with Crippen LogP contribution in [0.25, 0.3) is 0 Å². The number of carbonyl (C=O) groups excluding carboxylic acids is 1. The predicted molar refractivity (Wildman–Crippen MR) is 96.4 cm³/mol. The van der Waals surface area contributed by atoms with E-state index in [2.05, 4.69) is 10.3 Å². The molecule has 1 amide bonds. The van der Waals surface area contributed by atoms with Gasteiger partial charge in [-0.3, -0.25) is 4.98 Å². The Labute approximate surface area is 152 Å². The van der Waals surface area contributed by atoms with E-state index in [1.807, 2.05) is 30.3 Å². The Bertz CT molecular complexity index is 710. The molecule has 0 bridgehead atoms. The summed E-state index contributed by atoms with van der Waals surface area (Å²) < 4.78 is 5.21. The highest BCUT2D eigenvalue weighted by Crippen LogP contribution is 2.38. The van der Waals surface area contributed by atoms with Gasteiger partial charge in [0.05, 0.1) is 11.9 Å². The Morgan fingerprint density at radius 1 is 1.19 bits per heavy atom. The third-order valence-corrected chi connectivity index (χ3v) is 4.90. The van der Waals surface area contributed by atoms with Crippen molar-refractivity contribution in [3.05, 3.63) is 59.9 Å².